The first-order valence-electron chi connectivity index (χ1n) is 6.21. The first-order chi connectivity index (χ1) is 9.39. The molecule has 0 aromatic heterocycles. The van der Waals surface area contributed by atoms with Gasteiger partial charge in [-0.25, -0.2) is 8.78 Å². The molecule has 2 rings (SSSR count). The summed E-state index contributed by atoms with van der Waals surface area (Å²) >= 11 is 0. The number of aryl methyl sites for hydroxylation is 1. The van der Waals surface area contributed by atoms with Gasteiger partial charge in [0.2, 0.25) is 0 Å². The molecular weight excluding hydrogens is 270 g/mol. The molecule has 1 atom stereocenters. The predicted molar refractivity (Wildman–Crippen MR) is 71.4 cm³/mol. The van der Waals surface area contributed by atoms with E-state index in [1.165, 1.54) is 7.05 Å². The molecule has 0 aliphatic rings. The molecule has 0 aliphatic carbocycles. The zero-order valence-electron chi connectivity index (χ0n) is 11.1. The summed E-state index contributed by atoms with van der Waals surface area (Å²) in [6, 6.07) is 8.66. The molecule has 20 heavy (non-hydrogen) atoms. The van der Waals surface area contributed by atoms with Crippen LogP contribution in [-0.2, 0) is 0 Å². The summed E-state index contributed by atoms with van der Waals surface area (Å²) in [5, 5.41) is 3.65. The number of fused-ring (bicyclic) bond motifs is 1. The van der Waals surface area contributed by atoms with Crippen LogP contribution in [0, 0.1) is 6.92 Å². The lowest BCUT2D eigenvalue weighted by Gasteiger charge is -2.28. The maximum atomic E-state index is 13.8. The molecule has 0 saturated heterocycles. The molecule has 5 heteroatoms. The van der Waals surface area contributed by atoms with Gasteiger partial charge in [-0.05, 0) is 35.9 Å². The van der Waals surface area contributed by atoms with Crippen molar-refractivity contribution >= 4 is 10.8 Å². The number of halogens is 4. The number of benzene rings is 2. The highest BCUT2D eigenvalue weighted by atomic mass is 19.3. The van der Waals surface area contributed by atoms with Crippen LogP contribution in [0.3, 0.4) is 0 Å². The molecule has 0 aliphatic heterocycles. The largest absolute Gasteiger partial charge is 0.326 e. The summed E-state index contributed by atoms with van der Waals surface area (Å²) in [7, 11) is 1.27. The Morgan fingerprint density at radius 1 is 1.05 bits per heavy atom. The number of rotatable bonds is 4. The summed E-state index contributed by atoms with van der Waals surface area (Å²) in [5.74, 6) is -4.14. The Kier molecular flexibility index (Phi) is 3.99. The second-order valence-electron chi connectivity index (χ2n) is 4.71. The van der Waals surface area contributed by atoms with Crippen molar-refractivity contribution in [1.82, 2.24) is 5.32 Å². The van der Waals surface area contributed by atoms with Crippen LogP contribution in [0.5, 0.6) is 0 Å². The van der Waals surface area contributed by atoms with Crippen LogP contribution in [0.4, 0.5) is 17.6 Å². The van der Waals surface area contributed by atoms with E-state index in [0.29, 0.717) is 10.9 Å². The Morgan fingerprint density at radius 3 is 2.30 bits per heavy atom. The third kappa shape index (κ3) is 2.38. The van der Waals surface area contributed by atoms with Crippen molar-refractivity contribution in [2.45, 2.75) is 25.3 Å². The van der Waals surface area contributed by atoms with Crippen molar-refractivity contribution in [3.05, 3.63) is 47.5 Å². The lowest BCUT2D eigenvalue weighted by atomic mass is 9.91. The van der Waals surface area contributed by atoms with E-state index in [-0.39, 0.29) is 5.56 Å². The Hall–Kier alpha value is -1.62. The molecule has 108 valence electrons. The fourth-order valence-electron chi connectivity index (χ4n) is 2.44. The van der Waals surface area contributed by atoms with Crippen molar-refractivity contribution in [3.8, 4) is 0 Å². The molecule has 1 nitrogen and oxygen atoms in total. The number of hydrogen-bond donors (Lipinski definition) is 1. The van der Waals surface area contributed by atoms with Crippen LogP contribution in [0.2, 0.25) is 0 Å². The van der Waals surface area contributed by atoms with Crippen molar-refractivity contribution in [3.63, 3.8) is 0 Å². The normalized spacial score (nSPS) is 13.9. The van der Waals surface area contributed by atoms with Crippen LogP contribution in [0.25, 0.3) is 10.8 Å². The van der Waals surface area contributed by atoms with Gasteiger partial charge in [0.25, 0.3) is 0 Å². The maximum Gasteiger partial charge on any atom is 0.326 e. The van der Waals surface area contributed by atoms with Crippen molar-refractivity contribution in [2.75, 3.05) is 7.05 Å². The minimum absolute atomic E-state index is 0.218. The zero-order chi connectivity index (χ0) is 14.9. The highest BCUT2D eigenvalue weighted by Crippen LogP contribution is 2.40. The van der Waals surface area contributed by atoms with Crippen LogP contribution < -0.4 is 5.32 Å². The van der Waals surface area contributed by atoms with Crippen molar-refractivity contribution in [2.24, 2.45) is 0 Å². The molecule has 0 saturated carbocycles. The van der Waals surface area contributed by atoms with Crippen molar-refractivity contribution in [1.29, 1.82) is 0 Å². The molecule has 0 radical (unpaired) electrons. The van der Waals surface area contributed by atoms with Crippen LogP contribution in [0.1, 0.15) is 17.2 Å². The third-order valence-corrected chi connectivity index (χ3v) is 3.44. The molecule has 0 amide bonds. The second-order valence-corrected chi connectivity index (χ2v) is 4.71. The monoisotopic (exact) mass is 285 g/mol. The topological polar surface area (TPSA) is 12.0 Å². The van der Waals surface area contributed by atoms with Gasteiger partial charge in [-0.15, -0.1) is 0 Å². The van der Waals surface area contributed by atoms with Gasteiger partial charge >= 0.3 is 12.3 Å². The molecular formula is C15H15F4N. The van der Waals surface area contributed by atoms with Crippen LogP contribution >= 0.6 is 0 Å². The minimum atomic E-state index is -4.14. The fraction of sp³-hybridized carbons (Fsp3) is 0.333. The SMILES string of the molecule is CNC(c1c(C)ccc2ccccc12)C(F)(F)C(F)F. The quantitative estimate of drug-likeness (QED) is 0.825. The van der Waals surface area contributed by atoms with E-state index in [9.17, 15) is 17.6 Å². The number of hydrogen-bond acceptors (Lipinski definition) is 1. The highest BCUT2D eigenvalue weighted by Gasteiger charge is 2.49. The average Bonchev–Trinajstić information content (AvgIpc) is 2.41. The molecule has 0 spiro atoms. The fourth-order valence-corrected chi connectivity index (χ4v) is 2.44. The molecule has 0 bridgehead atoms. The molecule has 2 aromatic carbocycles. The van der Waals surface area contributed by atoms with Gasteiger partial charge in [-0.3, -0.25) is 0 Å². The lowest BCUT2D eigenvalue weighted by Crippen LogP contribution is -2.41. The van der Waals surface area contributed by atoms with Crippen LogP contribution in [-0.4, -0.2) is 19.4 Å². The van der Waals surface area contributed by atoms with Gasteiger partial charge in [0.15, 0.2) is 0 Å². The van der Waals surface area contributed by atoms with Gasteiger partial charge < -0.3 is 5.32 Å². The second kappa shape index (κ2) is 5.40. The molecule has 0 fully saturated rings. The smallest absolute Gasteiger partial charge is 0.308 e. The third-order valence-electron chi connectivity index (χ3n) is 3.44. The number of nitrogens with one attached hydrogen (secondary N) is 1. The standard InChI is InChI=1S/C15H15F4N/c1-9-7-8-10-5-3-4-6-11(10)12(9)13(20-2)15(18,19)14(16)17/h3-8,13-14,20H,1-2H3. The number of alkyl halides is 4. The summed E-state index contributed by atoms with van der Waals surface area (Å²) in [5.41, 5.74) is 0.777. The van der Waals surface area contributed by atoms with Gasteiger partial charge in [0, 0.05) is 0 Å². The van der Waals surface area contributed by atoms with Crippen molar-refractivity contribution < 1.29 is 17.6 Å². The van der Waals surface area contributed by atoms with E-state index in [1.807, 2.05) is 0 Å². The molecule has 1 N–H and O–H groups in total. The highest BCUT2D eigenvalue weighted by molar-refractivity contribution is 5.87. The molecule has 1 unspecified atom stereocenters. The Labute approximate surface area is 114 Å². The van der Waals surface area contributed by atoms with E-state index in [0.717, 1.165) is 5.39 Å². The first-order valence-corrected chi connectivity index (χ1v) is 6.21. The van der Waals surface area contributed by atoms with Gasteiger partial charge in [-0.2, -0.15) is 8.78 Å². The van der Waals surface area contributed by atoms with E-state index in [4.69, 9.17) is 0 Å². The first kappa shape index (κ1) is 14.8. The summed E-state index contributed by atoms with van der Waals surface area (Å²) in [4.78, 5) is 0. The van der Waals surface area contributed by atoms with E-state index in [2.05, 4.69) is 5.32 Å². The maximum absolute atomic E-state index is 13.8. The Morgan fingerprint density at radius 2 is 1.70 bits per heavy atom. The summed E-state index contributed by atoms with van der Waals surface area (Å²) < 4.78 is 52.9. The zero-order valence-corrected chi connectivity index (χ0v) is 11.1. The summed E-state index contributed by atoms with van der Waals surface area (Å²) in [6.07, 6.45) is -3.72. The molecule has 2 aromatic rings. The van der Waals surface area contributed by atoms with E-state index < -0.39 is 18.4 Å². The Bertz CT molecular complexity index is 610. The van der Waals surface area contributed by atoms with Gasteiger partial charge in [0.1, 0.15) is 6.04 Å². The lowest BCUT2D eigenvalue weighted by molar-refractivity contribution is -0.150. The van der Waals surface area contributed by atoms with E-state index in [1.54, 1.807) is 43.3 Å². The summed E-state index contributed by atoms with van der Waals surface area (Å²) in [6.45, 7) is 1.65. The minimum Gasteiger partial charge on any atom is -0.308 e. The molecule has 0 heterocycles. The van der Waals surface area contributed by atoms with E-state index >= 15 is 0 Å². The van der Waals surface area contributed by atoms with Crippen LogP contribution in [0.15, 0.2) is 36.4 Å². The average molecular weight is 285 g/mol. The predicted octanol–water partition coefficient (Wildman–Crippen LogP) is 4.31. The Balaban J connectivity index is 2.69. The van der Waals surface area contributed by atoms with Gasteiger partial charge in [-0.1, -0.05) is 36.4 Å². The van der Waals surface area contributed by atoms with Gasteiger partial charge in [0.05, 0.1) is 0 Å².